The molecular weight excluding hydrogens is 250 g/mol. The first-order valence-electron chi connectivity index (χ1n) is 6.19. The van der Waals surface area contributed by atoms with E-state index < -0.39 is 6.43 Å². The van der Waals surface area contributed by atoms with Crippen LogP contribution in [0.1, 0.15) is 25.5 Å². The highest BCUT2D eigenvalue weighted by molar-refractivity contribution is 5.95. The average molecular weight is 266 g/mol. The first-order valence-corrected chi connectivity index (χ1v) is 6.19. The fourth-order valence-electron chi connectivity index (χ4n) is 1.89. The van der Waals surface area contributed by atoms with Crippen molar-refractivity contribution in [1.29, 1.82) is 0 Å². The number of nitrogens with zero attached hydrogens (tertiary/aromatic N) is 1. The molecule has 2 rings (SSSR count). The lowest BCUT2D eigenvalue weighted by Gasteiger charge is -2.12. The maximum Gasteiger partial charge on any atom is 0.280 e. The molecule has 2 aromatic rings. The van der Waals surface area contributed by atoms with Gasteiger partial charge in [-0.3, -0.25) is 0 Å². The Kier molecular flexibility index (Phi) is 4.14. The quantitative estimate of drug-likeness (QED) is 0.888. The van der Waals surface area contributed by atoms with Gasteiger partial charge in [0.1, 0.15) is 17.0 Å². The van der Waals surface area contributed by atoms with Gasteiger partial charge in [0, 0.05) is 18.1 Å². The van der Waals surface area contributed by atoms with Crippen LogP contribution in [0.4, 0.5) is 14.5 Å². The molecule has 0 amide bonds. The second-order valence-corrected chi connectivity index (χ2v) is 4.15. The van der Waals surface area contributed by atoms with E-state index in [-0.39, 0.29) is 5.69 Å². The molecule has 0 saturated heterocycles. The summed E-state index contributed by atoms with van der Waals surface area (Å²) in [6, 6.07) is 6.79. The summed E-state index contributed by atoms with van der Waals surface area (Å²) in [5.74, 6) is 0.540. The zero-order chi connectivity index (χ0) is 13.8. The van der Waals surface area contributed by atoms with E-state index in [1.54, 1.807) is 13.1 Å². The molecule has 0 aliphatic rings. The monoisotopic (exact) mass is 266 g/mol. The van der Waals surface area contributed by atoms with Gasteiger partial charge in [-0.1, -0.05) is 19.1 Å². The lowest BCUT2D eigenvalue weighted by molar-refractivity contribution is 0.146. The number of anilines is 1. The molecule has 0 fully saturated rings. The zero-order valence-corrected chi connectivity index (χ0v) is 10.9. The molecule has 0 aliphatic heterocycles. The lowest BCUT2D eigenvalue weighted by atomic mass is 10.1. The van der Waals surface area contributed by atoms with Crippen molar-refractivity contribution in [3.63, 3.8) is 0 Å². The molecule has 0 saturated carbocycles. The number of fused-ring (bicyclic) bond motifs is 1. The molecule has 0 unspecified atom stereocenters. The van der Waals surface area contributed by atoms with Crippen molar-refractivity contribution in [3.05, 3.63) is 30.0 Å². The summed E-state index contributed by atoms with van der Waals surface area (Å²) in [7, 11) is 1.70. The number of halogens is 2. The molecule has 1 heterocycles. The van der Waals surface area contributed by atoms with Gasteiger partial charge in [0.25, 0.3) is 6.43 Å². The summed E-state index contributed by atoms with van der Waals surface area (Å²) in [5.41, 5.74) is 0.852. The molecule has 0 aliphatic carbocycles. The van der Waals surface area contributed by atoms with Gasteiger partial charge in [-0.15, -0.1) is 0 Å². The molecule has 0 atom stereocenters. The number of hydrogen-bond donors (Lipinski definition) is 1. The maximum absolute atomic E-state index is 12.9. The third-order valence-electron chi connectivity index (χ3n) is 2.78. The van der Waals surface area contributed by atoms with Crippen LogP contribution >= 0.6 is 0 Å². The first-order chi connectivity index (χ1) is 9.17. The van der Waals surface area contributed by atoms with E-state index in [1.165, 1.54) is 6.07 Å². The molecular formula is C14H16F2N2O. The fourth-order valence-corrected chi connectivity index (χ4v) is 1.89. The van der Waals surface area contributed by atoms with Crippen molar-refractivity contribution in [2.45, 2.75) is 19.8 Å². The highest BCUT2D eigenvalue weighted by Gasteiger charge is 2.15. The number of ether oxygens (including phenoxy) is 1. The molecule has 3 nitrogen and oxygen atoms in total. The fraction of sp³-hybridized carbons (Fsp3) is 0.357. The predicted octanol–water partition coefficient (Wildman–Crippen LogP) is 4.00. The van der Waals surface area contributed by atoms with Gasteiger partial charge in [-0.2, -0.15) is 0 Å². The first kappa shape index (κ1) is 13.5. The van der Waals surface area contributed by atoms with Crippen LogP contribution in [-0.4, -0.2) is 18.6 Å². The Labute approximate surface area is 110 Å². The van der Waals surface area contributed by atoms with Crippen LogP contribution in [0.2, 0.25) is 0 Å². The normalized spacial score (nSPS) is 11.0. The van der Waals surface area contributed by atoms with E-state index in [0.717, 1.165) is 11.8 Å². The number of benzene rings is 1. The smallest absolute Gasteiger partial charge is 0.280 e. The summed E-state index contributed by atoms with van der Waals surface area (Å²) >= 11 is 0. The Balaban J connectivity index is 2.61. The van der Waals surface area contributed by atoms with E-state index >= 15 is 0 Å². The molecule has 1 aromatic heterocycles. The Morgan fingerprint density at radius 1 is 1.37 bits per heavy atom. The van der Waals surface area contributed by atoms with Crippen LogP contribution in [0.3, 0.4) is 0 Å². The number of rotatable bonds is 5. The minimum atomic E-state index is -2.60. The highest BCUT2D eigenvalue weighted by atomic mass is 19.3. The highest BCUT2D eigenvalue weighted by Crippen LogP contribution is 2.32. The summed E-state index contributed by atoms with van der Waals surface area (Å²) < 4.78 is 31.3. The van der Waals surface area contributed by atoms with Crippen molar-refractivity contribution >= 4 is 16.6 Å². The third kappa shape index (κ3) is 2.75. The summed E-state index contributed by atoms with van der Waals surface area (Å²) in [6.45, 7) is 2.52. The van der Waals surface area contributed by atoms with E-state index in [2.05, 4.69) is 10.3 Å². The van der Waals surface area contributed by atoms with Crippen LogP contribution in [0.5, 0.6) is 5.75 Å². The third-order valence-corrected chi connectivity index (χ3v) is 2.78. The number of hydrogen-bond acceptors (Lipinski definition) is 3. The van der Waals surface area contributed by atoms with Crippen LogP contribution in [-0.2, 0) is 0 Å². The second kappa shape index (κ2) is 5.82. The SMILES string of the molecule is CCCOc1cccc2c(NC)cc(C(F)F)nc12. The van der Waals surface area contributed by atoms with Crippen molar-refractivity contribution in [1.82, 2.24) is 4.98 Å². The van der Waals surface area contributed by atoms with Crippen LogP contribution < -0.4 is 10.1 Å². The van der Waals surface area contributed by atoms with Gasteiger partial charge in [0.05, 0.1) is 6.61 Å². The summed E-state index contributed by atoms with van der Waals surface area (Å²) in [5, 5.41) is 3.70. The minimum absolute atomic E-state index is 0.246. The summed E-state index contributed by atoms with van der Waals surface area (Å²) in [6.07, 6.45) is -1.75. The Morgan fingerprint density at radius 2 is 2.16 bits per heavy atom. The molecule has 0 spiro atoms. The number of para-hydroxylation sites is 1. The van der Waals surface area contributed by atoms with E-state index in [0.29, 0.717) is 23.6 Å². The van der Waals surface area contributed by atoms with Crippen molar-refractivity contribution in [2.24, 2.45) is 0 Å². The van der Waals surface area contributed by atoms with Crippen LogP contribution in [0, 0.1) is 0 Å². The van der Waals surface area contributed by atoms with Crippen LogP contribution in [0.25, 0.3) is 10.9 Å². The molecule has 1 aromatic carbocycles. The molecule has 19 heavy (non-hydrogen) atoms. The molecule has 1 N–H and O–H groups in total. The number of alkyl halides is 2. The van der Waals surface area contributed by atoms with Crippen molar-refractivity contribution in [3.8, 4) is 5.75 Å². The zero-order valence-electron chi connectivity index (χ0n) is 10.9. The van der Waals surface area contributed by atoms with Gasteiger partial charge in [0.15, 0.2) is 0 Å². The number of aromatic nitrogens is 1. The average Bonchev–Trinajstić information content (AvgIpc) is 2.43. The van der Waals surface area contributed by atoms with E-state index in [4.69, 9.17) is 4.74 Å². The Hall–Kier alpha value is -1.91. The topological polar surface area (TPSA) is 34.1 Å². The lowest BCUT2D eigenvalue weighted by Crippen LogP contribution is -2.01. The van der Waals surface area contributed by atoms with Gasteiger partial charge >= 0.3 is 0 Å². The van der Waals surface area contributed by atoms with Crippen molar-refractivity contribution < 1.29 is 13.5 Å². The Bertz CT molecular complexity index is 573. The minimum Gasteiger partial charge on any atom is -0.491 e. The predicted molar refractivity (Wildman–Crippen MR) is 72.0 cm³/mol. The van der Waals surface area contributed by atoms with Crippen molar-refractivity contribution in [2.75, 3.05) is 19.0 Å². The maximum atomic E-state index is 12.9. The molecule has 5 heteroatoms. The van der Waals surface area contributed by atoms with Crippen LogP contribution in [0.15, 0.2) is 24.3 Å². The standard InChI is InChI=1S/C14H16F2N2O/c1-3-7-19-12-6-4-5-9-10(17-2)8-11(14(15)16)18-13(9)12/h4-6,8,14H,3,7H2,1-2H3,(H,17,18). The van der Waals surface area contributed by atoms with Gasteiger partial charge in [0.2, 0.25) is 0 Å². The molecule has 0 radical (unpaired) electrons. The second-order valence-electron chi connectivity index (χ2n) is 4.15. The van der Waals surface area contributed by atoms with Gasteiger partial charge in [-0.25, -0.2) is 13.8 Å². The van der Waals surface area contributed by atoms with E-state index in [1.807, 2.05) is 19.1 Å². The van der Waals surface area contributed by atoms with E-state index in [9.17, 15) is 8.78 Å². The summed E-state index contributed by atoms with van der Waals surface area (Å²) in [4.78, 5) is 4.02. The van der Waals surface area contributed by atoms with Gasteiger partial charge < -0.3 is 10.1 Å². The Morgan fingerprint density at radius 3 is 2.79 bits per heavy atom. The molecule has 0 bridgehead atoms. The number of nitrogens with one attached hydrogen (secondary N) is 1. The largest absolute Gasteiger partial charge is 0.491 e. The number of pyridine rings is 1. The van der Waals surface area contributed by atoms with Gasteiger partial charge in [-0.05, 0) is 18.6 Å². The molecule has 102 valence electrons.